The lowest BCUT2D eigenvalue weighted by Crippen LogP contribution is -2.57. The lowest BCUT2D eigenvalue weighted by atomic mass is 9.88. The van der Waals surface area contributed by atoms with E-state index in [1.54, 1.807) is 0 Å². The first kappa shape index (κ1) is 20.4. The van der Waals surface area contributed by atoms with Gasteiger partial charge in [0.15, 0.2) is 0 Å². The maximum Gasteiger partial charge on any atom is 0.254 e. The third-order valence-electron chi connectivity index (χ3n) is 6.84. The summed E-state index contributed by atoms with van der Waals surface area (Å²) in [5, 5.41) is 3.05. The van der Waals surface area contributed by atoms with E-state index in [2.05, 4.69) is 17.1 Å². The summed E-state index contributed by atoms with van der Waals surface area (Å²) in [6.45, 7) is 5.46. The monoisotopic (exact) mass is 399 g/mol. The second-order valence-corrected chi connectivity index (χ2v) is 8.83. The van der Waals surface area contributed by atoms with Gasteiger partial charge in [-0.25, -0.2) is 0 Å². The zero-order valence-corrected chi connectivity index (χ0v) is 17.4. The van der Waals surface area contributed by atoms with Gasteiger partial charge in [-0.1, -0.05) is 38.0 Å². The smallest absolute Gasteiger partial charge is 0.254 e. The molecule has 2 bridgehead atoms. The fourth-order valence-electron chi connectivity index (χ4n) is 5.03. The fraction of sp³-hybridized carbons (Fsp3) is 0.652. The van der Waals surface area contributed by atoms with Gasteiger partial charge in [-0.05, 0) is 37.3 Å². The normalized spacial score (nSPS) is 31.5. The van der Waals surface area contributed by atoms with Crippen molar-refractivity contribution >= 4 is 11.8 Å². The van der Waals surface area contributed by atoms with Gasteiger partial charge < -0.3 is 15.0 Å². The highest BCUT2D eigenvalue weighted by atomic mass is 16.5. The molecule has 1 aromatic carbocycles. The molecule has 4 rings (SSSR count). The number of nitrogens with one attached hydrogen (secondary N) is 1. The number of amides is 2. The molecule has 0 spiro atoms. The molecule has 29 heavy (non-hydrogen) atoms. The first-order valence-electron chi connectivity index (χ1n) is 11.1. The fourth-order valence-corrected chi connectivity index (χ4v) is 5.03. The van der Waals surface area contributed by atoms with Gasteiger partial charge in [0, 0.05) is 43.8 Å². The molecule has 1 unspecified atom stereocenters. The van der Waals surface area contributed by atoms with Crippen molar-refractivity contribution in [3.63, 3.8) is 0 Å². The minimum atomic E-state index is -0.0509. The van der Waals surface area contributed by atoms with Crippen molar-refractivity contribution in [2.45, 2.75) is 57.2 Å². The Morgan fingerprint density at radius 2 is 1.90 bits per heavy atom. The molecule has 1 aliphatic carbocycles. The van der Waals surface area contributed by atoms with Crippen LogP contribution in [0.5, 0.6) is 0 Å². The number of nitrogens with zero attached hydrogens (tertiary/aromatic N) is 2. The van der Waals surface area contributed by atoms with Crippen LogP contribution in [0.25, 0.3) is 0 Å². The van der Waals surface area contributed by atoms with Crippen molar-refractivity contribution in [3.8, 4) is 0 Å². The van der Waals surface area contributed by atoms with E-state index in [-0.39, 0.29) is 36.6 Å². The second-order valence-electron chi connectivity index (χ2n) is 8.83. The Balaban J connectivity index is 1.28. The molecule has 1 saturated carbocycles. The number of ether oxygens (including phenoxy) is 1. The molecule has 1 aromatic rings. The van der Waals surface area contributed by atoms with Crippen LogP contribution in [0.4, 0.5) is 0 Å². The largest absolute Gasteiger partial charge is 0.368 e. The van der Waals surface area contributed by atoms with Crippen molar-refractivity contribution in [3.05, 3.63) is 35.9 Å². The zero-order chi connectivity index (χ0) is 20.2. The van der Waals surface area contributed by atoms with Gasteiger partial charge in [0.2, 0.25) is 5.91 Å². The molecular weight excluding hydrogens is 366 g/mol. The molecule has 158 valence electrons. The minimum Gasteiger partial charge on any atom is -0.368 e. The lowest BCUT2D eigenvalue weighted by molar-refractivity contribution is -0.129. The number of benzene rings is 1. The molecule has 6 heteroatoms. The summed E-state index contributed by atoms with van der Waals surface area (Å²) in [6, 6.07) is 9.95. The summed E-state index contributed by atoms with van der Waals surface area (Å²) in [5.74, 6) is 0.585. The third-order valence-corrected chi connectivity index (χ3v) is 6.84. The van der Waals surface area contributed by atoms with Crippen molar-refractivity contribution in [2.24, 2.45) is 5.92 Å². The van der Waals surface area contributed by atoms with Gasteiger partial charge in [-0.15, -0.1) is 0 Å². The second kappa shape index (κ2) is 9.26. The number of hydrogen-bond donors (Lipinski definition) is 1. The van der Waals surface area contributed by atoms with E-state index in [0.29, 0.717) is 19.0 Å². The molecule has 2 aliphatic heterocycles. The average Bonchev–Trinajstić information content (AvgIpc) is 3.17. The van der Waals surface area contributed by atoms with Gasteiger partial charge in [-0.2, -0.15) is 0 Å². The minimum absolute atomic E-state index is 0.0509. The number of carbonyl (C=O) groups is 2. The third kappa shape index (κ3) is 4.81. The van der Waals surface area contributed by atoms with Crippen LogP contribution in [0.15, 0.2) is 30.3 Å². The Bertz CT molecular complexity index is 711. The zero-order valence-electron chi connectivity index (χ0n) is 17.4. The van der Waals surface area contributed by atoms with Crippen LogP contribution in [0.3, 0.4) is 0 Å². The summed E-state index contributed by atoms with van der Waals surface area (Å²) in [6.07, 6.45) is 5.93. The molecular formula is C23H33N3O3. The van der Waals surface area contributed by atoms with E-state index in [4.69, 9.17) is 4.74 Å². The Hall–Kier alpha value is -1.92. The number of piperazine rings is 1. The summed E-state index contributed by atoms with van der Waals surface area (Å²) in [5.41, 5.74) is 0.741. The topological polar surface area (TPSA) is 61.9 Å². The summed E-state index contributed by atoms with van der Waals surface area (Å²) in [4.78, 5) is 29.7. The van der Waals surface area contributed by atoms with Crippen molar-refractivity contribution in [1.82, 2.24) is 15.1 Å². The number of rotatable bonds is 6. The van der Waals surface area contributed by atoms with Crippen LogP contribution in [-0.4, -0.2) is 72.6 Å². The molecule has 2 heterocycles. The summed E-state index contributed by atoms with van der Waals surface area (Å²) < 4.78 is 5.89. The van der Waals surface area contributed by atoms with Gasteiger partial charge in [0.25, 0.3) is 5.91 Å². The molecule has 5 atom stereocenters. The molecule has 2 amide bonds. The van der Waals surface area contributed by atoms with E-state index < -0.39 is 0 Å². The van der Waals surface area contributed by atoms with E-state index in [9.17, 15) is 9.59 Å². The Labute approximate surface area is 173 Å². The molecule has 3 aliphatic rings. The quantitative estimate of drug-likeness (QED) is 0.797. The molecule has 2 saturated heterocycles. The highest BCUT2D eigenvalue weighted by Gasteiger charge is 2.40. The SMILES string of the molecule is C[C@@H]1CCCC[C@@H]1OCC(=O)NC[C@@H]1CN(C(=O)c2ccccc2)[C@H]2CCN1C2. The highest BCUT2D eigenvalue weighted by Crippen LogP contribution is 2.27. The Morgan fingerprint density at radius 1 is 1.10 bits per heavy atom. The van der Waals surface area contributed by atoms with Crippen LogP contribution >= 0.6 is 0 Å². The first-order valence-corrected chi connectivity index (χ1v) is 11.1. The van der Waals surface area contributed by atoms with Gasteiger partial charge in [0.05, 0.1) is 6.10 Å². The van der Waals surface area contributed by atoms with Gasteiger partial charge in [0.1, 0.15) is 6.61 Å². The van der Waals surface area contributed by atoms with Crippen LogP contribution in [0.2, 0.25) is 0 Å². The van der Waals surface area contributed by atoms with Crippen LogP contribution in [-0.2, 0) is 9.53 Å². The molecule has 0 radical (unpaired) electrons. The number of fused-ring (bicyclic) bond motifs is 2. The van der Waals surface area contributed by atoms with E-state index in [0.717, 1.165) is 31.5 Å². The maximum atomic E-state index is 13.0. The predicted molar refractivity (Wildman–Crippen MR) is 112 cm³/mol. The Kier molecular flexibility index (Phi) is 6.50. The van der Waals surface area contributed by atoms with E-state index in [1.165, 1.54) is 19.3 Å². The van der Waals surface area contributed by atoms with Crippen molar-refractivity contribution in [1.29, 1.82) is 0 Å². The van der Waals surface area contributed by atoms with Crippen LogP contribution < -0.4 is 5.32 Å². The molecule has 0 aromatic heterocycles. The van der Waals surface area contributed by atoms with E-state index >= 15 is 0 Å². The van der Waals surface area contributed by atoms with Crippen LogP contribution in [0, 0.1) is 5.92 Å². The predicted octanol–water partition coefficient (Wildman–Crippen LogP) is 2.30. The first-order chi connectivity index (χ1) is 14.1. The van der Waals surface area contributed by atoms with Gasteiger partial charge in [-0.3, -0.25) is 14.5 Å². The molecule has 3 fully saturated rings. The summed E-state index contributed by atoms with van der Waals surface area (Å²) >= 11 is 0. The van der Waals surface area contributed by atoms with Gasteiger partial charge >= 0.3 is 0 Å². The molecule has 6 nitrogen and oxygen atoms in total. The van der Waals surface area contributed by atoms with Crippen molar-refractivity contribution in [2.75, 3.05) is 32.8 Å². The average molecular weight is 400 g/mol. The van der Waals surface area contributed by atoms with Crippen LogP contribution in [0.1, 0.15) is 49.4 Å². The van der Waals surface area contributed by atoms with E-state index in [1.807, 2.05) is 35.2 Å². The summed E-state index contributed by atoms with van der Waals surface area (Å²) in [7, 11) is 0. The van der Waals surface area contributed by atoms with Crippen molar-refractivity contribution < 1.29 is 14.3 Å². The number of carbonyl (C=O) groups excluding carboxylic acids is 2. The lowest BCUT2D eigenvalue weighted by Gasteiger charge is -2.40. The Morgan fingerprint density at radius 3 is 2.69 bits per heavy atom. The number of hydrogen-bond acceptors (Lipinski definition) is 4. The standard InChI is InChI=1S/C23H33N3O3/c1-17-7-5-6-10-21(17)29-16-22(27)24-13-20-15-26(19-11-12-25(20)14-19)23(28)18-8-3-2-4-9-18/h2-4,8-9,17,19-21H,5-7,10-16H2,1H3,(H,24,27)/t17-,19+,20-,21+/m1/s1. The highest BCUT2D eigenvalue weighted by molar-refractivity contribution is 5.94. The maximum absolute atomic E-state index is 13.0. The molecule has 1 N–H and O–H groups in total.